The molecule has 0 radical (unpaired) electrons. The predicted octanol–water partition coefficient (Wildman–Crippen LogP) is 3.94. The molecule has 0 unspecified atom stereocenters. The molecule has 0 fully saturated rings. The van der Waals surface area contributed by atoms with Crippen LogP contribution < -0.4 is 5.73 Å². The number of rotatable bonds is 3. The number of hydrogen-bond acceptors (Lipinski definition) is 4. The molecule has 21 heavy (non-hydrogen) atoms. The SMILES string of the molecule is C[C@H](N)c1cccc(F)c1Sc1ncnc2ccccc12. The number of nitrogens with two attached hydrogens (primary N) is 1. The number of aromatic nitrogens is 2. The lowest BCUT2D eigenvalue weighted by Crippen LogP contribution is -2.07. The summed E-state index contributed by atoms with van der Waals surface area (Å²) in [4.78, 5) is 9.03. The van der Waals surface area contributed by atoms with E-state index in [9.17, 15) is 4.39 Å². The third-order valence-electron chi connectivity index (χ3n) is 3.19. The average molecular weight is 299 g/mol. The second-order valence-corrected chi connectivity index (χ2v) is 5.74. The second-order valence-electron chi connectivity index (χ2n) is 4.74. The van der Waals surface area contributed by atoms with Crippen molar-refractivity contribution in [1.29, 1.82) is 0 Å². The molecule has 0 spiro atoms. The van der Waals surface area contributed by atoms with E-state index in [0.717, 1.165) is 21.5 Å². The molecular formula is C16H14FN3S. The Bertz CT molecular complexity index is 784. The van der Waals surface area contributed by atoms with Crippen molar-refractivity contribution in [1.82, 2.24) is 9.97 Å². The van der Waals surface area contributed by atoms with Crippen molar-refractivity contribution in [2.75, 3.05) is 0 Å². The predicted molar refractivity (Wildman–Crippen MR) is 82.7 cm³/mol. The zero-order chi connectivity index (χ0) is 14.8. The first-order valence-electron chi connectivity index (χ1n) is 6.58. The molecule has 3 aromatic rings. The lowest BCUT2D eigenvalue weighted by molar-refractivity contribution is 0.591. The zero-order valence-corrected chi connectivity index (χ0v) is 12.3. The summed E-state index contributed by atoms with van der Waals surface area (Å²) in [6.45, 7) is 1.84. The van der Waals surface area contributed by atoms with Gasteiger partial charge in [0.05, 0.1) is 10.4 Å². The summed E-state index contributed by atoms with van der Waals surface area (Å²) in [6, 6.07) is 12.4. The lowest BCUT2D eigenvalue weighted by atomic mass is 10.1. The molecule has 2 aromatic carbocycles. The van der Waals surface area contributed by atoms with E-state index in [4.69, 9.17) is 5.73 Å². The Labute approximate surface area is 126 Å². The Morgan fingerprint density at radius 1 is 1.10 bits per heavy atom. The quantitative estimate of drug-likeness (QED) is 0.744. The summed E-state index contributed by atoms with van der Waals surface area (Å²) in [7, 11) is 0. The van der Waals surface area contributed by atoms with Gasteiger partial charge in [0.15, 0.2) is 0 Å². The van der Waals surface area contributed by atoms with Gasteiger partial charge in [0.2, 0.25) is 0 Å². The number of nitrogens with zero attached hydrogens (tertiary/aromatic N) is 2. The minimum Gasteiger partial charge on any atom is -0.324 e. The van der Waals surface area contributed by atoms with Gasteiger partial charge in [-0.15, -0.1) is 0 Å². The molecule has 1 aromatic heterocycles. The van der Waals surface area contributed by atoms with Crippen molar-refractivity contribution < 1.29 is 4.39 Å². The molecule has 0 bridgehead atoms. The van der Waals surface area contributed by atoms with E-state index in [1.807, 2.05) is 37.3 Å². The van der Waals surface area contributed by atoms with Crippen molar-refractivity contribution in [2.24, 2.45) is 5.73 Å². The Morgan fingerprint density at radius 2 is 1.90 bits per heavy atom. The fourth-order valence-electron chi connectivity index (χ4n) is 2.15. The summed E-state index contributed by atoms with van der Waals surface area (Å²) in [5, 5.41) is 1.64. The van der Waals surface area contributed by atoms with Crippen molar-refractivity contribution in [3.63, 3.8) is 0 Å². The van der Waals surface area contributed by atoms with Gasteiger partial charge >= 0.3 is 0 Å². The van der Waals surface area contributed by atoms with Gasteiger partial charge in [-0.25, -0.2) is 14.4 Å². The van der Waals surface area contributed by atoms with Crippen LogP contribution in [0, 0.1) is 5.82 Å². The van der Waals surface area contributed by atoms with Gasteiger partial charge in [-0.05, 0) is 24.6 Å². The highest BCUT2D eigenvalue weighted by atomic mass is 32.2. The van der Waals surface area contributed by atoms with Crippen LogP contribution in [0.4, 0.5) is 4.39 Å². The first-order valence-corrected chi connectivity index (χ1v) is 7.40. The van der Waals surface area contributed by atoms with Crippen LogP contribution in [0.3, 0.4) is 0 Å². The van der Waals surface area contributed by atoms with Crippen LogP contribution in [0.2, 0.25) is 0 Å². The van der Waals surface area contributed by atoms with E-state index in [1.54, 1.807) is 6.07 Å². The molecule has 0 saturated carbocycles. The van der Waals surface area contributed by atoms with Crippen molar-refractivity contribution >= 4 is 22.7 Å². The fraction of sp³-hybridized carbons (Fsp3) is 0.125. The molecule has 2 N–H and O–H groups in total. The summed E-state index contributed by atoms with van der Waals surface area (Å²) in [5.41, 5.74) is 7.56. The second kappa shape index (κ2) is 5.79. The molecule has 1 atom stereocenters. The number of halogens is 1. The van der Waals surface area contributed by atoms with Gasteiger partial charge in [-0.1, -0.05) is 42.1 Å². The number of hydrogen-bond donors (Lipinski definition) is 1. The van der Waals surface area contributed by atoms with E-state index in [0.29, 0.717) is 4.90 Å². The molecule has 1 heterocycles. The molecule has 0 aliphatic heterocycles. The zero-order valence-electron chi connectivity index (χ0n) is 11.5. The van der Waals surface area contributed by atoms with Crippen LogP contribution >= 0.6 is 11.8 Å². The molecule has 106 valence electrons. The van der Waals surface area contributed by atoms with Crippen LogP contribution in [0.25, 0.3) is 10.9 Å². The topological polar surface area (TPSA) is 51.8 Å². The normalized spacial score (nSPS) is 12.5. The lowest BCUT2D eigenvalue weighted by Gasteiger charge is -2.13. The van der Waals surface area contributed by atoms with E-state index >= 15 is 0 Å². The van der Waals surface area contributed by atoms with Crippen LogP contribution in [-0.2, 0) is 0 Å². The fourth-order valence-corrected chi connectivity index (χ4v) is 3.26. The highest BCUT2D eigenvalue weighted by Crippen LogP contribution is 2.36. The Kier molecular flexibility index (Phi) is 3.86. The number of fused-ring (bicyclic) bond motifs is 1. The van der Waals surface area contributed by atoms with Gasteiger partial charge in [0.1, 0.15) is 17.2 Å². The van der Waals surface area contributed by atoms with Crippen molar-refractivity contribution in [3.8, 4) is 0 Å². The third-order valence-corrected chi connectivity index (χ3v) is 4.35. The minimum atomic E-state index is -0.280. The molecular weight excluding hydrogens is 285 g/mol. The largest absolute Gasteiger partial charge is 0.324 e. The summed E-state index contributed by atoms with van der Waals surface area (Å²) in [6.07, 6.45) is 1.50. The summed E-state index contributed by atoms with van der Waals surface area (Å²) in [5.74, 6) is -0.280. The molecule has 0 aliphatic rings. The maximum atomic E-state index is 14.2. The smallest absolute Gasteiger partial charge is 0.137 e. The number of para-hydroxylation sites is 1. The Balaban J connectivity index is 2.11. The van der Waals surface area contributed by atoms with E-state index in [-0.39, 0.29) is 11.9 Å². The first-order chi connectivity index (χ1) is 10.2. The van der Waals surface area contributed by atoms with E-state index in [1.165, 1.54) is 24.2 Å². The van der Waals surface area contributed by atoms with Crippen LogP contribution in [0.15, 0.2) is 58.7 Å². The summed E-state index contributed by atoms with van der Waals surface area (Å²) >= 11 is 1.29. The van der Waals surface area contributed by atoms with Crippen LogP contribution in [0.5, 0.6) is 0 Å². The highest BCUT2D eigenvalue weighted by molar-refractivity contribution is 7.99. The van der Waals surface area contributed by atoms with Gasteiger partial charge in [-0.2, -0.15) is 0 Å². The molecule has 3 rings (SSSR count). The Morgan fingerprint density at radius 3 is 2.71 bits per heavy atom. The molecule has 5 heteroatoms. The summed E-state index contributed by atoms with van der Waals surface area (Å²) < 4.78 is 14.2. The van der Waals surface area contributed by atoms with Crippen molar-refractivity contribution in [2.45, 2.75) is 22.9 Å². The molecule has 3 nitrogen and oxygen atoms in total. The minimum absolute atomic E-state index is 0.240. The van der Waals surface area contributed by atoms with Crippen LogP contribution in [-0.4, -0.2) is 9.97 Å². The standard InChI is InChI=1S/C16H14FN3S/c1-10(18)11-6-4-7-13(17)15(11)21-16-12-5-2-3-8-14(12)19-9-20-16/h2-10H,18H2,1H3/t10-/m0/s1. The maximum absolute atomic E-state index is 14.2. The van der Waals surface area contributed by atoms with E-state index in [2.05, 4.69) is 9.97 Å². The third kappa shape index (κ3) is 2.75. The molecule has 0 saturated heterocycles. The maximum Gasteiger partial charge on any atom is 0.137 e. The van der Waals surface area contributed by atoms with Gasteiger partial charge in [0, 0.05) is 11.4 Å². The van der Waals surface area contributed by atoms with Gasteiger partial charge in [-0.3, -0.25) is 0 Å². The Hall–Kier alpha value is -1.98. The highest BCUT2D eigenvalue weighted by Gasteiger charge is 2.15. The first kappa shape index (κ1) is 14.0. The van der Waals surface area contributed by atoms with E-state index < -0.39 is 0 Å². The van der Waals surface area contributed by atoms with Gasteiger partial charge < -0.3 is 5.73 Å². The van der Waals surface area contributed by atoms with Gasteiger partial charge in [0.25, 0.3) is 0 Å². The van der Waals surface area contributed by atoms with Crippen molar-refractivity contribution in [3.05, 3.63) is 60.2 Å². The molecule has 0 amide bonds. The molecule has 0 aliphatic carbocycles. The van der Waals surface area contributed by atoms with Crippen LogP contribution in [0.1, 0.15) is 18.5 Å². The number of benzene rings is 2. The monoisotopic (exact) mass is 299 g/mol. The average Bonchev–Trinajstić information content (AvgIpc) is 2.49.